The number of nitriles is 1. The minimum atomic E-state index is 0.213. The Bertz CT molecular complexity index is 1290. The van der Waals surface area contributed by atoms with Gasteiger partial charge in [-0.25, -0.2) is 0 Å². The van der Waals surface area contributed by atoms with Crippen molar-refractivity contribution in [3.63, 3.8) is 0 Å². The van der Waals surface area contributed by atoms with Gasteiger partial charge in [0.05, 0.1) is 11.6 Å². The van der Waals surface area contributed by atoms with Crippen molar-refractivity contribution in [2.75, 3.05) is 4.90 Å². The fraction of sp³-hybridized carbons (Fsp3) is 0. The van der Waals surface area contributed by atoms with Gasteiger partial charge in [-0.1, -0.05) is 60.1 Å². The highest BCUT2D eigenvalue weighted by Gasteiger charge is 2.41. The number of anilines is 3. The van der Waals surface area contributed by atoms with E-state index in [1.54, 1.807) is 0 Å². The van der Waals surface area contributed by atoms with Crippen LogP contribution >= 0.6 is 0 Å². The molecule has 0 N–H and O–H groups in total. The number of hydrogen-bond donors (Lipinski definition) is 0. The first kappa shape index (κ1) is 15.3. The molecule has 0 radical (unpaired) electrons. The normalized spacial score (nSPS) is 12.8. The summed E-state index contributed by atoms with van der Waals surface area (Å²) in [6.45, 7) is 0.213. The van der Waals surface area contributed by atoms with Crippen molar-refractivity contribution in [3.8, 4) is 17.2 Å². The van der Waals surface area contributed by atoms with Gasteiger partial charge in [0.15, 0.2) is 0 Å². The molecule has 4 aromatic carbocycles. The van der Waals surface area contributed by atoms with Gasteiger partial charge < -0.3 is 4.90 Å². The van der Waals surface area contributed by atoms with E-state index in [9.17, 15) is 5.26 Å². The van der Waals surface area contributed by atoms with Crippen LogP contribution in [0, 0.1) is 11.3 Å². The third-order valence-electron chi connectivity index (χ3n) is 5.90. The predicted octanol–water partition coefficient (Wildman–Crippen LogP) is 3.84. The number of nitrogens with zero attached hydrogens (tertiary/aromatic N) is 2. The molecule has 28 heavy (non-hydrogen) atoms. The lowest BCUT2D eigenvalue weighted by Gasteiger charge is -2.35. The average molecular weight is 354 g/mol. The quantitative estimate of drug-likeness (QED) is 0.420. The Labute approximate surface area is 164 Å². The Kier molecular flexibility index (Phi) is 3.07. The molecule has 0 aromatic heterocycles. The molecule has 0 saturated heterocycles. The van der Waals surface area contributed by atoms with Crippen LogP contribution in [0.3, 0.4) is 0 Å². The highest BCUT2D eigenvalue weighted by Crippen LogP contribution is 2.39. The van der Waals surface area contributed by atoms with E-state index in [0.29, 0.717) is 5.56 Å². The lowest BCUT2D eigenvalue weighted by molar-refractivity contribution is 1.30. The Morgan fingerprint density at radius 1 is 0.679 bits per heavy atom. The predicted molar refractivity (Wildman–Crippen MR) is 116 cm³/mol. The molecule has 2 aliphatic rings. The number of fused-ring (bicyclic) bond motifs is 5. The topological polar surface area (TPSA) is 27.0 Å². The lowest BCUT2D eigenvalue weighted by atomic mass is 9.37. The van der Waals surface area contributed by atoms with Crippen LogP contribution in [-0.2, 0) is 0 Å². The van der Waals surface area contributed by atoms with Crippen molar-refractivity contribution in [2.24, 2.45) is 0 Å². The number of para-hydroxylation sites is 2. The van der Waals surface area contributed by atoms with Crippen molar-refractivity contribution < 1.29 is 0 Å². The summed E-state index contributed by atoms with van der Waals surface area (Å²) in [5.41, 5.74) is 10.7. The largest absolute Gasteiger partial charge is 0.312 e. The van der Waals surface area contributed by atoms with E-state index in [0.717, 1.165) is 5.69 Å². The maximum atomic E-state index is 9.40. The monoisotopic (exact) mass is 354 g/mol. The molecule has 2 nitrogen and oxygen atoms in total. The molecule has 4 aromatic rings. The lowest BCUT2D eigenvalue weighted by Crippen LogP contribution is -2.54. The van der Waals surface area contributed by atoms with E-state index in [2.05, 4.69) is 89.8 Å². The van der Waals surface area contributed by atoms with E-state index in [1.165, 1.54) is 38.9 Å². The van der Waals surface area contributed by atoms with E-state index < -0.39 is 0 Å². The van der Waals surface area contributed by atoms with Crippen molar-refractivity contribution in [1.29, 1.82) is 5.26 Å². The molecule has 0 aliphatic carbocycles. The van der Waals surface area contributed by atoms with E-state index in [-0.39, 0.29) is 6.71 Å². The Morgan fingerprint density at radius 2 is 1.46 bits per heavy atom. The number of rotatable bonds is 1. The molecule has 3 heteroatoms. The minimum absolute atomic E-state index is 0.213. The smallest absolute Gasteiger partial charge is 0.248 e. The first-order valence-corrected chi connectivity index (χ1v) is 9.48. The molecule has 0 spiro atoms. The minimum Gasteiger partial charge on any atom is -0.312 e. The summed E-state index contributed by atoms with van der Waals surface area (Å²) < 4.78 is 0. The average Bonchev–Trinajstić information content (AvgIpc) is 3.10. The van der Waals surface area contributed by atoms with Gasteiger partial charge in [-0.15, -0.1) is 0 Å². The molecule has 6 rings (SSSR count). The van der Waals surface area contributed by atoms with Crippen molar-refractivity contribution in [3.05, 3.63) is 96.6 Å². The third-order valence-corrected chi connectivity index (χ3v) is 5.90. The van der Waals surface area contributed by atoms with Crippen LogP contribution < -0.4 is 21.3 Å². The van der Waals surface area contributed by atoms with Gasteiger partial charge in [0.1, 0.15) is 0 Å². The van der Waals surface area contributed by atoms with Gasteiger partial charge in [0.2, 0.25) is 6.71 Å². The van der Waals surface area contributed by atoms with Crippen LogP contribution in [0.1, 0.15) is 5.56 Å². The summed E-state index contributed by atoms with van der Waals surface area (Å²) in [5, 5.41) is 9.40. The zero-order chi connectivity index (χ0) is 18.7. The Morgan fingerprint density at radius 3 is 2.32 bits per heavy atom. The van der Waals surface area contributed by atoms with Crippen LogP contribution in [-0.4, -0.2) is 6.71 Å². The summed E-state index contributed by atoms with van der Waals surface area (Å²) in [6.07, 6.45) is 0. The number of hydrogen-bond acceptors (Lipinski definition) is 2. The van der Waals surface area contributed by atoms with Gasteiger partial charge >= 0.3 is 0 Å². The van der Waals surface area contributed by atoms with Gasteiger partial charge in [-0.05, 0) is 58.5 Å². The highest BCUT2D eigenvalue weighted by atomic mass is 15.1. The van der Waals surface area contributed by atoms with Crippen molar-refractivity contribution >= 4 is 40.2 Å². The molecule has 0 bridgehead atoms. The molecule has 2 heterocycles. The van der Waals surface area contributed by atoms with Crippen LogP contribution in [0.2, 0.25) is 0 Å². The van der Waals surface area contributed by atoms with Gasteiger partial charge in [0.25, 0.3) is 0 Å². The van der Waals surface area contributed by atoms with Crippen LogP contribution in [0.15, 0.2) is 91.0 Å². The highest BCUT2D eigenvalue weighted by molar-refractivity contribution is 7.01. The maximum Gasteiger partial charge on any atom is 0.248 e. The standard InChI is InChI=1S/C25H15BN2/c27-16-17-13-14-21-20(15-17)19-9-6-12-24-25(19)26(21)22-10-4-5-11-23(22)28(24)18-7-2-1-3-8-18/h1-15H. The van der Waals surface area contributed by atoms with Gasteiger partial charge in [0, 0.05) is 17.1 Å². The molecule has 0 fully saturated rings. The van der Waals surface area contributed by atoms with Crippen LogP contribution in [0.5, 0.6) is 0 Å². The first-order chi connectivity index (χ1) is 13.9. The van der Waals surface area contributed by atoms with E-state index in [4.69, 9.17) is 0 Å². The zero-order valence-corrected chi connectivity index (χ0v) is 15.1. The van der Waals surface area contributed by atoms with Gasteiger partial charge in [-0.2, -0.15) is 5.26 Å². The summed E-state index contributed by atoms with van der Waals surface area (Å²) >= 11 is 0. The molecule has 0 amide bonds. The van der Waals surface area contributed by atoms with E-state index >= 15 is 0 Å². The zero-order valence-electron chi connectivity index (χ0n) is 15.1. The summed E-state index contributed by atoms with van der Waals surface area (Å²) in [4.78, 5) is 2.36. The Hall–Kier alpha value is -3.77. The van der Waals surface area contributed by atoms with Crippen LogP contribution in [0.4, 0.5) is 17.1 Å². The second-order valence-corrected chi connectivity index (χ2v) is 7.31. The first-order valence-electron chi connectivity index (χ1n) is 9.48. The molecular formula is C25H15BN2. The Balaban J connectivity index is 1.71. The number of benzene rings is 4. The summed E-state index contributed by atoms with van der Waals surface area (Å²) in [7, 11) is 0. The van der Waals surface area contributed by atoms with E-state index in [1.807, 2.05) is 12.1 Å². The second kappa shape index (κ2) is 5.61. The van der Waals surface area contributed by atoms with Crippen molar-refractivity contribution in [2.45, 2.75) is 0 Å². The molecule has 128 valence electrons. The molecule has 0 saturated carbocycles. The SMILES string of the molecule is N#Cc1ccc2c(c1)-c1cccc3c1B2c1ccccc1N3c1ccccc1. The van der Waals surface area contributed by atoms with Crippen molar-refractivity contribution in [1.82, 2.24) is 0 Å². The fourth-order valence-electron chi connectivity index (χ4n) is 4.80. The third kappa shape index (κ3) is 1.92. The van der Waals surface area contributed by atoms with Crippen LogP contribution in [0.25, 0.3) is 11.1 Å². The second-order valence-electron chi connectivity index (χ2n) is 7.31. The molecular weight excluding hydrogens is 339 g/mol. The molecule has 2 aliphatic heterocycles. The maximum absolute atomic E-state index is 9.40. The van der Waals surface area contributed by atoms with Gasteiger partial charge in [-0.3, -0.25) is 0 Å². The molecule has 0 unspecified atom stereocenters. The summed E-state index contributed by atoms with van der Waals surface area (Å²) in [5.74, 6) is 0. The molecule has 0 atom stereocenters. The fourth-order valence-corrected chi connectivity index (χ4v) is 4.80. The summed E-state index contributed by atoms with van der Waals surface area (Å²) in [6, 6.07) is 34.2.